The van der Waals surface area contributed by atoms with Gasteiger partial charge in [-0.05, 0) is 105 Å². The third kappa shape index (κ3) is 5.25. The van der Waals surface area contributed by atoms with Gasteiger partial charge in [0.1, 0.15) is 0 Å². The van der Waals surface area contributed by atoms with Gasteiger partial charge in [-0.2, -0.15) is 0 Å². The highest BCUT2D eigenvalue weighted by molar-refractivity contribution is 6.10. The molecule has 12 rings (SSSR count). The Labute approximate surface area is 342 Å². The standard InChI is InChI=1S/C56H37N3/c1-56(2)51-20-8-7-16-46(51)47-18-10-17-45(52(47)56)39-29-30-44-38(31-39)13-9-19-48(44)55-58-53(40-27-25-36-23-21-34-11-3-5-14-42(34)49(36)32-40)57-54(59-55)41-28-26-37-24-22-35-12-4-6-15-43(35)50(37)33-41/h3-33H,1-2H3. The summed E-state index contributed by atoms with van der Waals surface area (Å²) in [4.78, 5) is 15.8. The van der Waals surface area contributed by atoms with Gasteiger partial charge >= 0.3 is 0 Å². The first-order chi connectivity index (χ1) is 29.0. The van der Waals surface area contributed by atoms with Crippen molar-refractivity contribution in [2.24, 2.45) is 0 Å². The van der Waals surface area contributed by atoms with Crippen molar-refractivity contribution in [3.05, 3.63) is 199 Å². The highest BCUT2D eigenvalue weighted by Crippen LogP contribution is 2.52. The van der Waals surface area contributed by atoms with Gasteiger partial charge in [-0.15, -0.1) is 0 Å². The molecule has 0 N–H and O–H groups in total. The van der Waals surface area contributed by atoms with Crippen LogP contribution >= 0.6 is 0 Å². The normalized spacial score (nSPS) is 13.1. The first-order valence-corrected chi connectivity index (χ1v) is 20.3. The lowest BCUT2D eigenvalue weighted by atomic mass is 9.78. The van der Waals surface area contributed by atoms with E-state index in [1.54, 1.807) is 0 Å². The fourth-order valence-electron chi connectivity index (χ4n) is 9.77. The van der Waals surface area contributed by atoms with Crippen LogP contribution in [0.2, 0.25) is 0 Å². The Bertz CT molecular complexity index is 3410. The van der Waals surface area contributed by atoms with E-state index < -0.39 is 0 Å². The fourth-order valence-corrected chi connectivity index (χ4v) is 9.77. The highest BCUT2D eigenvalue weighted by atomic mass is 15.0. The Morgan fingerprint density at radius 3 is 1.46 bits per heavy atom. The summed E-state index contributed by atoms with van der Waals surface area (Å²) >= 11 is 0. The molecule has 0 atom stereocenters. The summed E-state index contributed by atoms with van der Waals surface area (Å²) in [5, 5.41) is 11.8. The van der Waals surface area contributed by atoms with Gasteiger partial charge in [0.05, 0.1) is 0 Å². The predicted octanol–water partition coefficient (Wildman–Crippen LogP) is 14.6. The second-order valence-corrected chi connectivity index (χ2v) is 16.4. The van der Waals surface area contributed by atoms with Gasteiger partial charge in [-0.1, -0.05) is 184 Å². The molecule has 0 unspecified atom stereocenters. The van der Waals surface area contributed by atoms with Crippen LogP contribution in [0.5, 0.6) is 0 Å². The Hall–Kier alpha value is -7.49. The Morgan fingerprint density at radius 1 is 0.305 bits per heavy atom. The average Bonchev–Trinajstić information content (AvgIpc) is 3.53. The summed E-state index contributed by atoms with van der Waals surface area (Å²) in [7, 11) is 0. The molecule has 276 valence electrons. The van der Waals surface area contributed by atoms with Crippen LogP contribution in [0.25, 0.3) is 110 Å². The van der Waals surface area contributed by atoms with Crippen LogP contribution in [0.3, 0.4) is 0 Å². The number of rotatable bonds is 4. The Morgan fingerprint density at radius 2 is 0.780 bits per heavy atom. The predicted molar refractivity (Wildman–Crippen MR) is 247 cm³/mol. The number of hydrogen-bond acceptors (Lipinski definition) is 3. The van der Waals surface area contributed by atoms with E-state index >= 15 is 0 Å². The molecule has 59 heavy (non-hydrogen) atoms. The average molecular weight is 752 g/mol. The van der Waals surface area contributed by atoms with Gasteiger partial charge in [0, 0.05) is 22.1 Å². The highest BCUT2D eigenvalue weighted by Gasteiger charge is 2.37. The van der Waals surface area contributed by atoms with E-state index in [1.807, 2.05) is 0 Å². The zero-order valence-electron chi connectivity index (χ0n) is 32.7. The van der Waals surface area contributed by atoms with E-state index in [-0.39, 0.29) is 5.41 Å². The van der Waals surface area contributed by atoms with Crippen LogP contribution in [-0.2, 0) is 5.41 Å². The summed E-state index contributed by atoms with van der Waals surface area (Å²) in [5.74, 6) is 1.94. The lowest BCUT2D eigenvalue weighted by Gasteiger charge is -2.24. The molecule has 1 aliphatic rings. The molecule has 11 aromatic rings. The Balaban J connectivity index is 1.05. The van der Waals surface area contributed by atoms with Gasteiger partial charge in [-0.3, -0.25) is 0 Å². The summed E-state index contributed by atoms with van der Waals surface area (Å²) in [6, 6.07) is 67.9. The van der Waals surface area contributed by atoms with E-state index in [2.05, 4.69) is 202 Å². The second kappa shape index (κ2) is 12.8. The minimum atomic E-state index is -0.110. The summed E-state index contributed by atoms with van der Waals surface area (Å²) in [6.45, 7) is 4.71. The maximum Gasteiger partial charge on any atom is 0.164 e. The number of hydrogen-bond donors (Lipinski definition) is 0. The van der Waals surface area contributed by atoms with E-state index in [0.717, 1.165) is 27.5 Å². The van der Waals surface area contributed by atoms with Crippen molar-refractivity contribution >= 4 is 53.9 Å². The van der Waals surface area contributed by atoms with Crippen molar-refractivity contribution in [1.82, 2.24) is 15.0 Å². The van der Waals surface area contributed by atoms with Crippen LogP contribution in [0.15, 0.2) is 188 Å². The van der Waals surface area contributed by atoms with Crippen molar-refractivity contribution in [3.8, 4) is 56.4 Å². The molecule has 1 aromatic heterocycles. The lowest BCUT2D eigenvalue weighted by molar-refractivity contribution is 0.662. The molecular weight excluding hydrogens is 715 g/mol. The molecule has 0 bridgehead atoms. The smallest absolute Gasteiger partial charge is 0.164 e. The minimum Gasteiger partial charge on any atom is -0.208 e. The summed E-state index contributed by atoms with van der Waals surface area (Å²) in [6.07, 6.45) is 0. The quantitative estimate of drug-likeness (QED) is 0.168. The minimum absolute atomic E-state index is 0.110. The lowest BCUT2D eigenvalue weighted by Crippen LogP contribution is -2.16. The van der Waals surface area contributed by atoms with Gasteiger partial charge in [0.2, 0.25) is 0 Å². The summed E-state index contributed by atoms with van der Waals surface area (Å²) in [5.41, 5.74) is 10.7. The van der Waals surface area contributed by atoms with Crippen molar-refractivity contribution in [2.75, 3.05) is 0 Å². The van der Waals surface area contributed by atoms with Crippen molar-refractivity contribution in [3.63, 3.8) is 0 Å². The number of fused-ring (bicyclic) bond motifs is 10. The third-order valence-electron chi connectivity index (χ3n) is 12.7. The van der Waals surface area contributed by atoms with Crippen LogP contribution < -0.4 is 0 Å². The molecule has 10 aromatic carbocycles. The van der Waals surface area contributed by atoms with Crippen molar-refractivity contribution in [2.45, 2.75) is 19.3 Å². The molecule has 3 heteroatoms. The Kier molecular flexibility index (Phi) is 7.27. The topological polar surface area (TPSA) is 38.7 Å². The van der Waals surface area contributed by atoms with E-state index in [4.69, 9.17) is 15.0 Å². The van der Waals surface area contributed by atoms with Gasteiger partial charge in [0.25, 0.3) is 0 Å². The molecular formula is C56H37N3. The zero-order chi connectivity index (χ0) is 39.2. The first kappa shape index (κ1) is 33.6. The molecule has 0 fully saturated rings. The SMILES string of the molecule is CC1(C)c2ccccc2-c2cccc(-c3ccc4c(-c5nc(-c6ccc7ccc8ccccc8c7c6)nc(-c6ccc7ccc8ccccc8c7c6)n5)cccc4c3)c21. The molecule has 1 heterocycles. The van der Waals surface area contributed by atoms with Crippen molar-refractivity contribution in [1.29, 1.82) is 0 Å². The van der Waals surface area contributed by atoms with Gasteiger partial charge in [-0.25, -0.2) is 15.0 Å². The molecule has 3 nitrogen and oxygen atoms in total. The monoisotopic (exact) mass is 751 g/mol. The van der Waals surface area contributed by atoms with Gasteiger partial charge < -0.3 is 0 Å². The molecule has 0 saturated carbocycles. The number of aromatic nitrogens is 3. The summed E-state index contributed by atoms with van der Waals surface area (Å²) < 4.78 is 0. The molecule has 0 aliphatic heterocycles. The van der Waals surface area contributed by atoms with Crippen LogP contribution in [-0.4, -0.2) is 15.0 Å². The van der Waals surface area contributed by atoms with Crippen LogP contribution in [0.4, 0.5) is 0 Å². The first-order valence-electron chi connectivity index (χ1n) is 20.3. The van der Waals surface area contributed by atoms with Gasteiger partial charge in [0.15, 0.2) is 17.5 Å². The molecule has 0 radical (unpaired) electrons. The van der Waals surface area contributed by atoms with Crippen molar-refractivity contribution < 1.29 is 0 Å². The molecule has 0 spiro atoms. The zero-order valence-corrected chi connectivity index (χ0v) is 32.7. The van der Waals surface area contributed by atoms with Crippen LogP contribution in [0, 0.1) is 0 Å². The van der Waals surface area contributed by atoms with E-state index in [0.29, 0.717) is 17.5 Å². The van der Waals surface area contributed by atoms with Crippen LogP contribution in [0.1, 0.15) is 25.0 Å². The van der Waals surface area contributed by atoms with E-state index in [9.17, 15) is 0 Å². The number of benzene rings is 10. The fraction of sp³-hybridized carbons (Fsp3) is 0.0536. The molecule has 0 amide bonds. The molecule has 1 aliphatic carbocycles. The maximum atomic E-state index is 5.30. The number of nitrogens with zero attached hydrogens (tertiary/aromatic N) is 3. The second-order valence-electron chi connectivity index (χ2n) is 16.4. The maximum absolute atomic E-state index is 5.30. The largest absolute Gasteiger partial charge is 0.208 e. The third-order valence-corrected chi connectivity index (χ3v) is 12.7. The molecule has 0 saturated heterocycles. The van der Waals surface area contributed by atoms with E-state index in [1.165, 1.54) is 76.5 Å².